The van der Waals surface area contributed by atoms with E-state index >= 15 is 0 Å². The number of hydrogen-bond acceptors (Lipinski definition) is 4. The molecular formula is C11H9NO2S. The molecule has 0 amide bonds. The summed E-state index contributed by atoms with van der Waals surface area (Å²) in [5, 5.41) is 5.36. The van der Waals surface area contributed by atoms with Crippen LogP contribution in [-0.2, 0) is 9.63 Å². The normalized spacial score (nSPS) is 17.8. The van der Waals surface area contributed by atoms with Gasteiger partial charge in [0.1, 0.15) is 0 Å². The van der Waals surface area contributed by atoms with Crippen molar-refractivity contribution in [2.24, 2.45) is 5.16 Å². The first-order valence-electron chi connectivity index (χ1n) is 4.45. The first-order valence-corrected chi connectivity index (χ1v) is 5.33. The molecule has 1 aliphatic heterocycles. The number of benzene rings is 1. The van der Waals surface area contributed by atoms with Crippen molar-refractivity contribution < 1.29 is 9.63 Å². The van der Waals surface area contributed by atoms with Crippen molar-refractivity contribution >= 4 is 23.4 Å². The van der Waals surface area contributed by atoms with Gasteiger partial charge in [-0.2, -0.15) is 0 Å². The van der Waals surface area contributed by atoms with E-state index in [9.17, 15) is 4.79 Å². The van der Waals surface area contributed by atoms with Crippen LogP contribution in [0.2, 0.25) is 0 Å². The smallest absolute Gasteiger partial charge is 0.312 e. The molecule has 1 heterocycles. The highest BCUT2D eigenvalue weighted by molar-refractivity contribution is 8.02. The molecule has 1 aromatic rings. The molecule has 0 fully saturated rings. The van der Waals surface area contributed by atoms with E-state index in [1.54, 1.807) is 12.3 Å². The van der Waals surface area contributed by atoms with Crippen molar-refractivity contribution in [1.82, 2.24) is 0 Å². The molecule has 4 heteroatoms. The second kappa shape index (κ2) is 4.31. The van der Waals surface area contributed by atoms with Gasteiger partial charge in [-0.25, -0.2) is 4.79 Å². The number of rotatable bonds is 2. The first kappa shape index (κ1) is 9.98. The van der Waals surface area contributed by atoms with Crippen LogP contribution in [0.3, 0.4) is 0 Å². The monoisotopic (exact) mass is 219 g/mol. The Hall–Kier alpha value is -1.55. The third-order valence-corrected chi connectivity index (χ3v) is 2.83. The fourth-order valence-electron chi connectivity index (χ4n) is 1.12. The summed E-state index contributed by atoms with van der Waals surface area (Å²) < 4.78 is 0. The SMILES string of the molecule is CC1=NOC(=O)/C1=C\Sc1ccccc1. The molecule has 0 spiro atoms. The molecule has 0 atom stereocenters. The van der Waals surface area contributed by atoms with Crippen LogP contribution in [0.1, 0.15) is 6.92 Å². The molecule has 15 heavy (non-hydrogen) atoms. The lowest BCUT2D eigenvalue weighted by molar-refractivity contribution is -0.136. The Morgan fingerprint density at radius 2 is 2.07 bits per heavy atom. The Morgan fingerprint density at radius 1 is 1.33 bits per heavy atom. The Balaban J connectivity index is 2.12. The maximum Gasteiger partial charge on any atom is 0.368 e. The van der Waals surface area contributed by atoms with Crippen LogP contribution >= 0.6 is 11.8 Å². The molecule has 3 nitrogen and oxygen atoms in total. The van der Waals surface area contributed by atoms with Gasteiger partial charge in [0, 0.05) is 4.90 Å². The highest BCUT2D eigenvalue weighted by Gasteiger charge is 2.21. The quantitative estimate of drug-likeness (QED) is 0.436. The number of nitrogens with zero attached hydrogens (tertiary/aromatic N) is 1. The maximum atomic E-state index is 11.2. The van der Waals surface area contributed by atoms with Crippen LogP contribution in [0.15, 0.2) is 51.4 Å². The van der Waals surface area contributed by atoms with Crippen molar-refractivity contribution in [3.05, 3.63) is 41.3 Å². The van der Waals surface area contributed by atoms with Crippen molar-refractivity contribution in [3.8, 4) is 0 Å². The van der Waals surface area contributed by atoms with Gasteiger partial charge in [-0.05, 0) is 24.5 Å². The van der Waals surface area contributed by atoms with E-state index in [1.807, 2.05) is 30.3 Å². The Bertz CT molecular complexity index is 437. The zero-order valence-electron chi connectivity index (χ0n) is 8.14. The first-order chi connectivity index (χ1) is 7.27. The molecule has 0 saturated heterocycles. The minimum absolute atomic E-state index is 0.379. The molecule has 0 aliphatic carbocycles. The molecule has 0 bridgehead atoms. The molecule has 0 aromatic heterocycles. The van der Waals surface area contributed by atoms with E-state index in [0.717, 1.165) is 4.90 Å². The van der Waals surface area contributed by atoms with Gasteiger partial charge in [0.25, 0.3) is 0 Å². The van der Waals surface area contributed by atoms with E-state index in [-0.39, 0.29) is 5.97 Å². The minimum Gasteiger partial charge on any atom is -0.312 e. The second-order valence-corrected chi connectivity index (χ2v) is 3.96. The number of hydrogen-bond donors (Lipinski definition) is 0. The molecule has 76 valence electrons. The summed E-state index contributed by atoms with van der Waals surface area (Å²) in [4.78, 5) is 16.8. The topological polar surface area (TPSA) is 38.7 Å². The lowest BCUT2D eigenvalue weighted by Gasteiger charge is -1.95. The van der Waals surface area contributed by atoms with E-state index < -0.39 is 0 Å². The third kappa shape index (κ3) is 2.27. The molecule has 0 radical (unpaired) electrons. The average Bonchev–Trinajstić information content (AvgIpc) is 2.58. The van der Waals surface area contributed by atoms with Gasteiger partial charge in [-0.3, -0.25) is 0 Å². The van der Waals surface area contributed by atoms with Gasteiger partial charge < -0.3 is 4.84 Å². The van der Waals surface area contributed by atoms with E-state index in [0.29, 0.717) is 11.3 Å². The van der Waals surface area contributed by atoms with Gasteiger partial charge in [0.2, 0.25) is 0 Å². The van der Waals surface area contributed by atoms with Gasteiger partial charge in [-0.15, -0.1) is 0 Å². The molecule has 1 aliphatic rings. The van der Waals surface area contributed by atoms with Gasteiger partial charge in [-0.1, -0.05) is 35.1 Å². The molecule has 1 aromatic carbocycles. The predicted octanol–water partition coefficient (Wildman–Crippen LogP) is 2.60. The summed E-state index contributed by atoms with van der Waals surface area (Å²) in [5.41, 5.74) is 1.16. The zero-order chi connectivity index (χ0) is 10.7. The van der Waals surface area contributed by atoms with Gasteiger partial charge in [0.15, 0.2) is 0 Å². The fraction of sp³-hybridized carbons (Fsp3) is 0.0909. The highest BCUT2D eigenvalue weighted by Crippen LogP contribution is 2.22. The minimum atomic E-state index is -0.379. The lowest BCUT2D eigenvalue weighted by Crippen LogP contribution is -2.00. The number of carbonyl (C=O) groups is 1. The maximum absolute atomic E-state index is 11.2. The summed E-state index contributed by atoms with van der Waals surface area (Å²) in [7, 11) is 0. The van der Waals surface area contributed by atoms with Crippen molar-refractivity contribution in [3.63, 3.8) is 0 Å². The molecule has 0 N–H and O–H groups in total. The van der Waals surface area contributed by atoms with Crippen LogP contribution in [0.5, 0.6) is 0 Å². The Morgan fingerprint density at radius 3 is 2.67 bits per heavy atom. The Labute approximate surface area is 91.8 Å². The van der Waals surface area contributed by atoms with Crippen molar-refractivity contribution in [2.45, 2.75) is 11.8 Å². The summed E-state index contributed by atoms with van der Waals surface area (Å²) in [6.45, 7) is 1.75. The lowest BCUT2D eigenvalue weighted by atomic mass is 10.2. The highest BCUT2D eigenvalue weighted by atomic mass is 32.2. The molecular weight excluding hydrogens is 210 g/mol. The summed E-state index contributed by atoms with van der Waals surface area (Å²) in [6.07, 6.45) is 0. The summed E-state index contributed by atoms with van der Waals surface area (Å²) in [5.74, 6) is -0.379. The number of carbonyl (C=O) groups excluding carboxylic acids is 1. The summed E-state index contributed by atoms with van der Waals surface area (Å²) in [6, 6.07) is 9.82. The van der Waals surface area contributed by atoms with E-state index in [4.69, 9.17) is 0 Å². The molecule has 0 saturated carbocycles. The number of thioether (sulfide) groups is 1. The second-order valence-electron chi connectivity index (χ2n) is 3.02. The van der Waals surface area contributed by atoms with Crippen molar-refractivity contribution in [2.75, 3.05) is 0 Å². The van der Waals surface area contributed by atoms with Crippen LogP contribution in [0, 0.1) is 0 Å². The van der Waals surface area contributed by atoms with Gasteiger partial charge >= 0.3 is 5.97 Å². The van der Waals surface area contributed by atoms with E-state index in [1.165, 1.54) is 11.8 Å². The fourth-order valence-corrected chi connectivity index (χ4v) is 1.95. The predicted molar refractivity (Wildman–Crippen MR) is 59.6 cm³/mol. The zero-order valence-corrected chi connectivity index (χ0v) is 8.95. The summed E-state index contributed by atoms with van der Waals surface area (Å²) >= 11 is 1.48. The standard InChI is InChI=1S/C11H9NO2S/c1-8-10(11(13)14-12-8)7-15-9-5-3-2-4-6-9/h2-7H,1H3/b10-7-. The van der Waals surface area contributed by atoms with Crippen LogP contribution in [-0.4, -0.2) is 11.7 Å². The van der Waals surface area contributed by atoms with Crippen molar-refractivity contribution in [1.29, 1.82) is 0 Å². The van der Waals surface area contributed by atoms with E-state index in [2.05, 4.69) is 9.99 Å². The van der Waals surface area contributed by atoms with Crippen LogP contribution in [0.4, 0.5) is 0 Å². The largest absolute Gasteiger partial charge is 0.368 e. The molecule has 2 rings (SSSR count). The number of oxime groups is 1. The Kier molecular flexibility index (Phi) is 2.87. The average molecular weight is 219 g/mol. The molecule has 0 unspecified atom stereocenters. The van der Waals surface area contributed by atoms with Crippen LogP contribution in [0.25, 0.3) is 0 Å². The third-order valence-electron chi connectivity index (χ3n) is 1.93. The van der Waals surface area contributed by atoms with Gasteiger partial charge in [0.05, 0.1) is 11.3 Å². The van der Waals surface area contributed by atoms with Crippen LogP contribution < -0.4 is 0 Å².